The molecule has 1 atom stereocenters. The van der Waals surface area contributed by atoms with Crippen LogP contribution in [0, 0.1) is 5.92 Å². The second-order valence-electron chi connectivity index (χ2n) is 2.79. The molecule has 1 heterocycles. The molecule has 12 heavy (non-hydrogen) atoms. The van der Waals surface area contributed by atoms with Gasteiger partial charge in [0.2, 0.25) is 5.91 Å². The monoisotopic (exact) mass is 183 g/mol. The Labute approximate surface area is 76.4 Å². The summed E-state index contributed by atoms with van der Waals surface area (Å²) in [5.74, 6) is -0.186. The number of hydrogen-bond donors (Lipinski definition) is 1. The average molecular weight is 183 g/mol. The maximum atomic E-state index is 10.9. The Kier molecular flexibility index (Phi) is 3.29. The maximum absolute atomic E-state index is 10.9. The van der Waals surface area contributed by atoms with Crippen LogP contribution in [0.1, 0.15) is 18.2 Å². The topological polar surface area (TPSA) is 43.1 Å². The number of amides is 1. The Hall–Kier alpha value is -0.830. The molecule has 0 spiro atoms. The zero-order valence-electron chi connectivity index (χ0n) is 7.12. The van der Waals surface area contributed by atoms with Gasteiger partial charge in [-0.15, -0.1) is 11.3 Å². The van der Waals surface area contributed by atoms with Crippen LogP contribution in [0.2, 0.25) is 0 Å². The van der Waals surface area contributed by atoms with E-state index in [9.17, 15) is 4.79 Å². The second kappa shape index (κ2) is 4.26. The highest BCUT2D eigenvalue weighted by Crippen LogP contribution is 2.16. The minimum absolute atomic E-state index is 0.00338. The summed E-state index contributed by atoms with van der Waals surface area (Å²) in [7, 11) is 0. The minimum Gasteiger partial charge on any atom is -0.369 e. The molecule has 0 saturated heterocycles. The molecule has 0 aliphatic heterocycles. The smallest absolute Gasteiger partial charge is 0.220 e. The summed E-state index contributed by atoms with van der Waals surface area (Å²) in [6.45, 7) is 1.99. The molecule has 0 aliphatic carbocycles. The molecule has 0 radical (unpaired) electrons. The van der Waals surface area contributed by atoms with Crippen LogP contribution < -0.4 is 5.73 Å². The van der Waals surface area contributed by atoms with Gasteiger partial charge >= 0.3 is 0 Å². The zero-order chi connectivity index (χ0) is 8.97. The van der Waals surface area contributed by atoms with E-state index in [1.807, 2.05) is 24.4 Å². The Morgan fingerprint density at radius 3 is 2.92 bits per heavy atom. The predicted molar refractivity (Wildman–Crippen MR) is 51.0 cm³/mol. The summed E-state index contributed by atoms with van der Waals surface area (Å²) < 4.78 is 0. The van der Waals surface area contributed by atoms with Gasteiger partial charge in [0, 0.05) is 10.8 Å². The van der Waals surface area contributed by atoms with Crippen LogP contribution in [0.5, 0.6) is 0 Å². The van der Waals surface area contributed by atoms with Gasteiger partial charge in [-0.1, -0.05) is 13.0 Å². The van der Waals surface area contributed by atoms with E-state index in [1.165, 1.54) is 4.88 Å². The lowest BCUT2D eigenvalue weighted by molar-refractivity contribution is -0.121. The van der Waals surface area contributed by atoms with Crippen LogP contribution in [0.15, 0.2) is 17.5 Å². The molecule has 66 valence electrons. The van der Waals surface area contributed by atoms with Crippen LogP contribution >= 0.6 is 11.3 Å². The fourth-order valence-corrected chi connectivity index (χ4v) is 1.90. The number of nitrogens with two attached hydrogens (primary N) is 1. The largest absolute Gasteiger partial charge is 0.369 e. The number of carbonyl (C=O) groups excluding carboxylic acids is 1. The molecule has 1 aromatic rings. The van der Waals surface area contributed by atoms with Crippen molar-refractivity contribution in [3.63, 3.8) is 0 Å². The summed E-state index contributed by atoms with van der Waals surface area (Å²) in [5, 5.41) is 2.02. The normalized spacial score (nSPS) is 12.8. The molecule has 3 heteroatoms. The van der Waals surface area contributed by atoms with Crippen LogP contribution in [0.4, 0.5) is 0 Å². The third kappa shape index (κ3) is 2.34. The Morgan fingerprint density at radius 2 is 2.50 bits per heavy atom. The first-order chi connectivity index (χ1) is 5.74. The van der Waals surface area contributed by atoms with Crippen molar-refractivity contribution in [1.29, 1.82) is 0 Å². The van der Waals surface area contributed by atoms with E-state index < -0.39 is 0 Å². The summed E-state index contributed by atoms with van der Waals surface area (Å²) >= 11 is 1.68. The van der Waals surface area contributed by atoms with Gasteiger partial charge in [-0.05, 0) is 24.3 Å². The minimum atomic E-state index is -0.189. The van der Waals surface area contributed by atoms with Crippen molar-refractivity contribution < 1.29 is 4.79 Å². The molecule has 0 fully saturated rings. The molecule has 1 unspecified atom stereocenters. The van der Waals surface area contributed by atoms with E-state index in [4.69, 9.17) is 5.73 Å². The van der Waals surface area contributed by atoms with Gasteiger partial charge in [-0.3, -0.25) is 4.79 Å². The highest BCUT2D eigenvalue weighted by Gasteiger charge is 2.13. The Bertz CT molecular complexity index is 243. The lowest BCUT2D eigenvalue weighted by Crippen LogP contribution is -2.24. The number of primary amides is 1. The van der Waals surface area contributed by atoms with Crippen LogP contribution in [0.25, 0.3) is 0 Å². The SMILES string of the molecule is CCC(Cc1cccs1)C(N)=O. The first kappa shape index (κ1) is 9.26. The Morgan fingerprint density at radius 1 is 1.75 bits per heavy atom. The van der Waals surface area contributed by atoms with E-state index >= 15 is 0 Å². The van der Waals surface area contributed by atoms with Crippen LogP contribution in [-0.2, 0) is 11.2 Å². The summed E-state index contributed by atoms with van der Waals surface area (Å²) in [6, 6.07) is 4.03. The summed E-state index contributed by atoms with van der Waals surface area (Å²) in [5.41, 5.74) is 5.23. The number of thiophene rings is 1. The number of carbonyl (C=O) groups is 1. The highest BCUT2D eigenvalue weighted by atomic mass is 32.1. The molecule has 1 amide bonds. The molecular formula is C9H13NOS. The Balaban J connectivity index is 2.54. The molecule has 1 rings (SSSR count). The van der Waals surface area contributed by atoms with Gasteiger partial charge in [0.1, 0.15) is 0 Å². The summed E-state index contributed by atoms with van der Waals surface area (Å²) in [4.78, 5) is 12.1. The van der Waals surface area contributed by atoms with Crippen molar-refractivity contribution in [2.45, 2.75) is 19.8 Å². The molecule has 0 bridgehead atoms. The van der Waals surface area contributed by atoms with Crippen molar-refractivity contribution in [3.05, 3.63) is 22.4 Å². The quantitative estimate of drug-likeness (QED) is 0.760. The third-order valence-electron chi connectivity index (χ3n) is 1.92. The van der Waals surface area contributed by atoms with Crippen LogP contribution in [0.3, 0.4) is 0 Å². The lowest BCUT2D eigenvalue weighted by Gasteiger charge is -2.07. The fourth-order valence-electron chi connectivity index (χ4n) is 1.12. The standard InChI is InChI=1S/C9H13NOS/c1-2-7(9(10)11)6-8-4-3-5-12-8/h3-5,7H,2,6H2,1H3,(H2,10,11). The maximum Gasteiger partial charge on any atom is 0.220 e. The van der Waals surface area contributed by atoms with E-state index in [-0.39, 0.29) is 11.8 Å². The van der Waals surface area contributed by atoms with Gasteiger partial charge in [0.25, 0.3) is 0 Å². The second-order valence-corrected chi connectivity index (χ2v) is 3.82. The highest BCUT2D eigenvalue weighted by molar-refractivity contribution is 7.09. The van der Waals surface area contributed by atoms with Gasteiger partial charge in [-0.25, -0.2) is 0 Å². The van der Waals surface area contributed by atoms with Crippen molar-refractivity contribution >= 4 is 17.2 Å². The van der Waals surface area contributed by atoms with E-state index in [0.29, 0.717) is 0 Å². The van der Waals surface area contributed by atoms with Gasteiger partial charge in [0.15, 0.2) is 0 Å². The summed E-state index contributed by atoms with van der Waals surface area (Å²) in [6.07, 6.45) is 1.62. The first-order valence-corrected chi connectivity index (χ1v) is 4.93. The molecule has 2 nitrogen and oxygen atoms in total. The van der Waals surface area contributed by atoms with Crippen molar-refractivity contribution in [2.24, 2.45) is 11.7 Å². The van der Waals surface area contributed by atoms with Crippen molar-refractivity contribution in [2.75, 3.05) is 0 Å². The van der Waals surface area contributed by atoms with Gasteiger partial charge in [0.05, 0.1) is 0 Å². The van der Waals surface area contributed by atoms with Gasteiger partial charge in [-0.2, -0.15) is 0 Å². The van der Waals surface area contributed by atoms with Crippen LogP contribution in [-0.4, -0.2) is 5.91 Å². The van der Waals surface area contributed by atoms with Crippen molar-refractivity contribution in [1.82, 2.24) is 0 Å². The molecule has 0 saturated carbocycles. The fraction of sp³-hybridized carbons (Fsp3) is 0.444. The van der Waals surface area contributed by atoms with Crippen molar-refractivity contribution in [3.8, 4) is 0 Å². The first-order valence-electron chi connectivity index (χ1n) is 4.05. The van der Waals surface area contributed by atoms with E-state index in [1.54, 1.807) is 11.3 Å². The average Bonchev–Trinajstić information content (AvgIpc) is 2.51. The zero-order valence-corrected chi connectivity index (χ0v) is 7.93. The molecule has 0 aromatic carbocycles. The molecule has 1 aromatic heterocycles. The van der Waals surface area contributed by atoms with E-state index in [2.05, 4.69) is 0 Å². The van der Waals surface area contributed by atoms with E-state index in [0.717, 1.165) is 12.8 Å². The number of rotatable bonds is 4. The predicted octanol–water partition coefficient (Wildman–Crippen LogP) is 1.80. The molecule has 2 N–H and O–H groups in total. The lowest BCUT2D eigenvalue weighted by atomic mass is 10.0. The molecule has 0 aliphatic rings. The number of hydrogen-bond acceptors (Lipinski definition) is 2. The third-order valence-corrected chi connectivity index (χ3v) is 2.82. The molecular weight excluding hydrogens is 170 g/mol. The van der Waals surface area contributed by atoms with Gasteiger partial charge < -0.3 is 5.73 Å².